The first kappa shape index (κ1) is 24.0. The Morgan fingerprint density at radius 3 is 2.47 bits per heavy atom. The predicted octanol–water partition coefficient (Wildman–Crippen LogP) is 7.70. The fraction of sp³-hybridized carbons (Fsp3) is 0.310. The average Bonchev–Trinajstić information content (AvgIpc) is 3.13. The zero-order valence-electron chi connectivity index (χ0n) is 20.3. The topological polar surface area (TPSA) is 44.1 Å². The summed E-state index contributed by atoms with van der Waals surface area (Å²) >= 11 is 6.30. The van der Waals surface area contributed by atoms with Gasteiger partial charge in [-0.3, -0.25) is 0 Å². The number of aryl methyl sites for hydroxylation is 1. The highest BCUT2D eigenvalue weighted by Gasteiger charge is 2.20. The van der Waals surface area contributed by atoms with Crippen molar-refractivity contribution in [3.8, 4) is 11.1 Å². The summed E-state index contributed by atoms with van der Waals surface area (Å²) in [6.07, 6.45) is 3.15. The summed E-state index contributed by atoms with van der Waals surface area (Å²) in [7, 11) is 0. The summed E-state index contributed by atoms with van der Waals surface area (Å²) in [6, 6.07) is 21.8. The molecule has 3 aromatic carbocycles. The maximum absolute atomic E-state index is 12.8. The average molecular weight is 475 g/mol. The van der Waals surface area contributed by atoms with Crippen molar-refractivity contribution < 1.29 is 9.53 Å². The Morgan fingerprint density at radius 2 is 1.76 bits per heavy atom. The molecular weight excluding hydrogens is 444 g/mol. The van der Waals surface area contributed by atoms with E-state index in [4.69, 9.17) is 21.3 Å². The third-order valence-corrected chi connectivity index (χ3v) is 5.93. The Labute approximate surface area is 206 Å². The van der Waals surface area contributed by atoms with Gasteiger partial charge in [-0.25, -0.2) is 9.78 Å². The molecule has 0 N–H and O–H groups in total. The van der Waals surface area contributed by atoms with Gasteiger partial charge in [0.25, 0.3) is 0 Å². The van der Waals surface area contributed by atoms with E-state index in [1.165, 1.54) is 0 Å². The van der Waals surface area contributed by atoms with E-state index in [1.807, 2.05) is 63.2 Å². The number of esters is 1. The Balaban J connectivity index is 1.64. The number of carbonyl (C=O) groups excluding carboxylic acids is 1. The molecule has 0 aliphatic carbocycles. The molecule has 1 aromatic heterocycles. The normalized spacial score (nSPS) is 11.7. The van der Waals surface area contributed by atoms with Gasteiger partial charge < -0.3 is 9.30 Å². The second-order valence-electron chi connectivity index (χ2n) is 9.60. The Kier molecular flexibility index (Phi) is 7.08. The standard InChI is InChI=1S/C29H31ClN2O2/c1-5-6-11-27-31-25-17-16-22(30)18-26(25)32(27)19-20-12-14-21(15-13-20)23-9-7-8-10-24(23)28(33)34-29(2,3)4/h7-10,12-18H,5-6,11,19H2,1-4H3. The first-order chi connectivity index (χ1) is 16.2. The molecule has 0 amide bonds. The van der Waals surface area contributed by atoms with E-state index >= 15 is 0 Å². The highest BCUT2D eigenvalue weighted by molar-refractivity contribution is 6.31. The van der Waals surface area contributed by atoms with Gasteiger partial charge >= 0.3 is 5.97 Å². The summed E-state index contributed by atoms with van der Waals surface area (Å²) in [5.74, 6) is 0.771. The van der Waals surface area contributed by atoms with Gasteiger partial charge in [0.15, 0.2) is 0 Å². The van der Waals surface area contributed by atoms with Crippen LogP contribution in [0.1, 0.15) is 62.3 Å². The van der Waals surface area contributed by atoms with E-state index in [0.29, 0.717) is 17.1 Å². The molecule has 4 rings (SSSR count). The van der Waals surface area contributed by atoms with Gasteiger partial charge in [-0.05, 0) is 68.1 Å². The number of ether oxygens (including phenoxy) is 1. The third-order valence-electron chi connectivity index (χ3n) is 5.69. The van der Waals surface area contributed by atoms with Crippen LogP contribution in [0.3, 0.4) is 0 Å². The zero-order chi connectivity index (χ0) is 24.3. The van der Waals surface area contributed by atoms with Crippen molar-refractivity contribution in [2.75, 3.05) is 0 Å². The highest BCUT2D eigenvalue weighted by Crippen LogP contribution is 2.27. The number of aromatic nitrogens is 2. The van der Waals surface area contributed by atoms with Crippen LogP contribution in [0.25, 0.3) is 22.2 Å². The second kappa shape index (κ2) is 10.0. The number of hydrogen-bond donors (Lipinski definition) is 0. The van der Waals surface area contributed by atoms with Crippen LogP contribution in [0.15, 0.2) is 66.7 Å². The summed E-state index contributed by atoms with van der Waals surface area (Å²) < 4.78 is 7.88. The van der Waals surface area contributed by atoms with Gasteiger partial charge in [0.2, 0.25) is 0 Å². The van der Waals surface area contributed by atoms with Crippen LogP contribution in [-0.4, -0.2) is 21.1 Å². The van der Waals surface area contributed by atoms with Crippen molar-refractivity contribution in [3.63, 3.8) is 0 Å². The van der Waals surface area contributed by atoms with E-state index in [9.17, 15) is 4.79 Å². The van der Waals surface area contributed by atoms with Gasteiger partial charge in [0.05, 0.1) is 16.6 Å². The van der Waals surface area contributed by atoms with Crippen LogP contribution in [-0.2, 0) is 17.7 Å². The van der Waals surface area contributed by atoms with Crippen LogP contribution >= 0.6 is 11.6 Å². The molecule has 5 heteroatoms. The predicted molar refractivity (Wildman–Crippen MR) is 140 cm³/mol. The SMILES string of the molecule is CCCCc1nc2ccc(Cl)cc2n1Cc1ccc(-c2ccccc2C(=O)OC(C)(C)C)cc1. The van der Waals surface area contributed by atoms with Crippen molar-refractivity contribution in [1.82, 2.24) is 9.55 Å². The second-order valence-corrected chi connectivity index (χ2v) is 10.0. The molecule has 0 fully saturated rings. The number of imidazole rings is 1. The molecule has 4 aromatic rings. The van der Waals surface area contributed by atoms with Gasteiger partial charge in [-0.15, -0.1) is 0 Å². The Bertz CT molecular complexity index is 1300. The van der Waals surface area contributed by atoms with Crippen LogP contribution in [0, 0.1) is 0 Å². The zero-order valence-corrected chi connectivity index (χ0v) is 21.0. The molecule has 176 valence electrons. The lowest BCUT2D eigenvalue weighted by molar-refractivity contribution is 0.00704. The molecule has 0 unspecified atom stereocenters. The van der Waals surface area contributed by atoms with Crippen LogP contribution in [0.5, 0.6) is 0 Å². The highest BCUT2D eigenvalue weighted by atomic mass is 35.5. The summed E-state index contributed by atoms with van der Waals surface area (Å²) in [5, 5.41) is 0.713. The van der Waals surface area contributed by atoms with Gasteiger partial charge in [-0.1, -0.05) is 67.4 Å². The third kappa shape index (κ3) is 5.51. The van der Waals surface area contributed by atoms with Crippen molar-refractivity contribution in [2.24, 2.45) is 0 Å². The van der Waals surface area contributed by atoms with Crippen molar-refractivity contribution in [1.29, 1.82) is 0 Å². The number of nitrogens with zero attached hydrogens (tertiary/aromatic N) is 2. The van der Waals surface area contributed by atoms with E-state index in [0.717, 1.165) is 52.8 Å². The molecule has 0 bridgehead atoms. The minimum absolute atomic E-state index is 0.311. The van der Waals surface area contributed by atoms with E-state index < -0.39 is 5.60 Å². The van der Waals surface area contributed by atoms with E-state index in [-0.39, 0.29) is 5.97 Å². The first-order valence-electron chi connectivity index (χ1n) is 11.8. The molecule has 0 aliphatic heterocycles. The molecule has 1 heterocycles. The fourth-order valence-electron chi connectivity index (χ4n) is 4.07. The quantitative estimate of drug-likeness (QED) is 0.258. The number of fused-ring (bicyclic) bond motifs is 1. The van der Waals surface area contributed by atoms with Crippen LogP contribution in [0.2, 0.25) is 5.02 Å². The number of halogens is 1. The van der Waals surface area contributed by atoms with Crippen molar-refractivity contribution >= 4 is 28.6 Å². The molecule has 0 spiro atoms. The van der Waals surface area contributed by atoms with Crippen LogP contribution < -0.4 is 0 Å². The molecular formula is C29H31ClN2O2. The number of hydrogen-bond acceptors (Lipinski definition) is 3. The van der Waals surface area contributed by atoms with Crippen molar-refractivity contribution in [3.05, 3.63) is 88.7 Å². The molecule has 4 nitrogen and oxygen atoms in total. The fourth-order valence-corrected chi connectivity index (χ4v) is 4.23. The summed E-state index contributed by atoms with van der Waals surface area (Å²) in [5.41, 5.74) is 5.07. The number of rotatable bonds is 7. The van der Waals surface area contributed by atoms with Gasteiger partial charge in [0, 0.05) is 18.0 Å². The number of carbonyl (C=O) groups is 1. The minimum atomic E-state index is -0.542. The Hall–Kier alpha value is -3.11. The number of benzene rings is 3. The minimum Gasteiger partial charge on any atom is -0.456 e. The van der Waals surface area contributed by atoms with Crippen LogP contribution in [0.4, 0.5) is 0 Å². The van der Waals surface area contributed by atoms with Crippen molar-refractivity contribution in [2.45, 2.75) is 59.1 Å². The summed E-state index contributed by atoms with van der Waals surface area (Å²) in [6.45, 7) is 8.54. The lowest BCUT2D eigenvalue weighted by atomic mass is 9.98. The van der Waals surface area contributed by atoms with E-state index in [2.05, 4.69) is 35.8 Å². The smallest absolute Gasteiger partial charge is 0.339 e. The Morgan fingerprint density at radius 1 is 1.03 bits per heavy atom. The van der Waals surface area contributed by atoms with Gasteiger partial charge in [0.1, 0.15) is 11.4 Å². The molecule has 34 heavy (non-hydrogen) atoms. The summed E-state index contributed by atoms with van der Waals surface area (Å²) in [4.78, 5) is 17.6. The monoisotopic (exact) mass is 474 g/mol. The molecule has 0 atom stereocenters. The molecule has 0 radical (unpaired) electrons. The number of unbranched alkanes of at least 4 members (excludes halogenated alkanes) is 1. The largest absolute Gasteiger partial charge is 0.456 e. The van der Waals surface area contributed by atoms with Gasteiger partial charge in [-0.2, -0.15) is 0 Å². The lowest BCUT2D eigenvalue weighted by Gasteiger charge is -2.20. The lowest BCUT2D eigenvalue weighted by Crippen LogP contribution is -2.24. The maximum Gasteiger partial charge on any atom is 0.339 e. The molecule has 0 saturated heterocycles. The maximum atomic E-state index is 12.8. The first-order valence-corrected chi connectivity index (χ1v) is 12.2. The van der Waals surface area contributed by atoms with E-state index in [1.54, 1.807) is 0 Å². The molecule has 0 saturated carbocycles. The molecule has 0 aliphatic rings.